The maximum Gasteiger partial charge on any atom is 0.165 e. The number of hydrogen-bond acceptors (Lipinski definition) is 2. The number of ether oxygens (including phenoxy) is 1. The second-order valence-corrected chi connectivity index (χ2v) is 3.92. The molecule has 1 rings (SSSR count). The Bertz CT molecular complexity index is 358. The van der Waals surface area contributed by atoms with Crippen LogP contribution in [0.5, 0.6) is 5.75 Å². The quantitative estimate of drug-likeness (QED) is 0.843. The monoisotopic (exact) mass is 256 g/mol. The molecule has 2 nitrogen and oxygen atoms in total. The second kappa shape index (κ2) is 4.96. The number of aliphatic hydroxyl groups excluding tert-OH is 1. The van der Waals surface area contributed by atoms with Crippen LogP contribution in [0.3, 0.4) is 0 Å². The zero-order valence-corrected chi connectivity index (χ0v) is 9.19. The summed E-state index contributed by atoms with van der Waals surface area (Å²) in [5.74, 6) is -2.01. The van der Waals surface area contributed by atoms with E-state index in [1.165, 1.54) is 0 Å². The number of methoxy groups -OCH3 is 1. The molecular formula is C9H8Cl2F2O2. The zero-order chi connectivity index (χ0) is 11.6. The molecule has 0 amide bonds. The minimum Gasteiger partial charge on any atom is -0.493 e. The van der Waals surface area contributed by atoms with E-state index in [0.29, 0.717) is 0 Å². The van der Waals surface area contributed by atoms with Crippen molar-refractivity contribution < 1.29 is 18.6 Å². The van der Waals surface area contributed by atoms with Crippen molar-refractivity contribution in [2.75, 3.05) is 7.11 Å². The fourth-order valence-corrected chi connectivity index (χ4v) is 1.41. The summed E-state index contributed by atoms with van der Waals surface area (Å²) >= 11 is 10.8. The average Bonchev–Trinajstić information content (AvgIpc) is 2.19. The summed E-state index contributed by atoms with van der Waals surface area (Å²) in [4.78, 5) is -1.27. The topological polar surface area (TPSA) is 29.5 Å². The third-order valence-electron chi connectivity index (χ3n) is 1.83. The molecule has 15 heavy (non-hydrogen) atoms. The highest BCUT2D eigenvalue weighted by Gasteiger charge is 2.26. The van der Waals surface area contributed by atoms with Gasteiger partial charge in [0.05, 0.1) is 12.7 Å². The van der Waals surface area contributed by atoms with E-state index in [0.717, 1.165) is 19.2 Å². The molecule has 1 N–H and O–H groups in total. The van der Waals surface area contributed by atoms with Crippen LogP contribution in [-0.4, -0.2) is 17.1 Å². The van der Waals surface area contributed by atoms with Gasteiger partial charge < -0.3 is 9.84 Å². The molecule has 0 heterocycles. The average molecular weight is 257 g/mol. The lowest BCUT2D eigenvalue weighted by Crippen LogP contribution is -2.11. The Morgan fingerprint density at radius 2 is 1.80 bits per heavy atom. The third kappa shape index (κ3) is 2.51. The van der Waals surface area contributed by atoms with Crippen LogP contribution in [0, 0.1) is 11.6 Å². The van der Waals surface area contributed by atoms with Crippen molar-refractivity contribution in [2.45, 2.75) is 10.9 Å². The largest absolute Gasteiger partial charge is 0.493 e. The highest BCUT2D eigenvalue weighted by atomic mass is 35.5. The van der Waals surface area contributed by atoms with Crippen LogP contribution in [0.4, 0.5) is 8.78 Å². The first-order valence-electron chi connectivity index (χ1n) is 3.97. The van der Waals surface area contributed by atoms with E-state index in [9.17, 15) is 13.9 Å². The number of halogens is 4. The van der Waals surface area contributed by atoms with Gasteiger partial charge in [-0.1, -0.05) is 0 Å². The molecule has 0 fully saturated rings. The van der Waals surface area contributed by atoms with E-state index < -0.39 is 28.3 Å². The Labute approximate surface area is 95.4 Å². The summed E-state index contributed by atoms with van der Waals surface area (Å²) in [5.41, 5.74) is -0.382. The molecule has 0 aliphatic rings. The molecule has 1 unspecified atom stereocenters. The molecule has 1 aromatic rings. The maximum absolute atomic E-state index is 13.3. The fourth-order valence-electron chi connectivity index (χ4n) is 1.16. The molecule has 0 aliphatic carbocycles. The molecular weight excluding hydrogens is 249 g/mol. The first-order valence-corrected chi connectivity index (χ1v) is 4.84. The van der Waals surface area contributed by atoms with E-state index >= 15 is 0 Å². The van der Waals surface area contributed by atoms with Crippen LogP contribution >= 0.6 is 23.2 Å². The van der Waals surface area contributed by atoms with Crippen molar-refractivity contribution in [1.29, 1.82) is 0 Å². The van der Waals surface area contributed by atoms with Gasteiger partial charge in [-0.3, -0.25) is 0 Å². The first-order chi connectivity index (χ1) is 6.99. The Morgan fingerprint density at radius 1 is 1.27 bits per heavy atom. The molecule has 0 spiro atoms. The molecule has 6 heteroatoms. The van der Waals surface area contributed by atoms with Crippen LogP contribution in [0.1, 0.15) is 11.7 Å². The molecule has 1 aromatic carbocycles. The summed E-state index contributed by atoms with van der Waals surface area (Å²) in [5, 5.41) is 9.46. The van der Waals surface area contributed by atoms with Gasteiger partial charge in [0, 0.05) is 0 Å². The first kappa shape index (κ1) is 12.5. The lowest BCUT2D eigenvalue weighted by molar-refractivity contribution is 0.181. The van der Waals surface area contributed by atoms with Gasteiger partial charge in [0.25, 0.3) is 0 Å². The van der Waals surface area contributed by atoms with Crippen molar-refractivity contribution in [2.24, 2.45) is 0 Å². The fraction of sp³-hybridized carbons (Fsp3) is 0.333. The predicted octanol–water partition coefficient (Wildman–Crippen LogP) is 2.81. The smallest absolute Gasteiger partial charge is 0.165 e. The van der Waals surface area contributed by atoms with E-state index in [2.05, 4.69) is 4.74 Å². The summed E-state index contributed by atoms with van der Waals surface area (Å²) in [6.45, 7) is 0. The van der Waals surface area contributed by atoms with Gasteiger partial charge in [0.2, 0.25) is 0 Å². The molecule has 84 valence electrons. The Hall–Kier alpha value is -0.580. The van der Waals surface area contributed by atoms with Gasteiger partial charge in [-0.2, -0.15) is 0 Å². The SMILES string of the molecule is COc1c(F)ccc(F)c1C(O)C(Cl)Cl. The zero-order valence-electron chi connectivity index (χ0n) is 7.68. The highest BCUT2D eigenvalue weighted by molar-refractivity contribution is 6.44. The molecule has 0 bridgehead atoms. The Kier molecular flexibility index (Phi) is 4.13. The van der Waals surface area contributed by atoms with Gasteiger partial charge in [-0.25, -0.2) is 8.78 Å². The minimum absolute atomic E-state index is 0.382. The summed E-state index contributed by atoms with van der Waals surface area (Å²) in [7, 11) is 1.16. The molecule has 0 radical (unpaired) electrons. The van der Waals surface area contributed by atoms with E-state index in [-0.39, 0.29) is 5.56 Å². The standard InChI is InChI=1S/C9H8Cl2F2O2/c1-15-8-5(13)3-2-4(12)6(8)7(14)9(10)11/h2-3,7,9,14H,1H3. The van der Waals surface area contributed by atoms with Gasteiger partial charge in [0.15, 0.2) is 11.6 Å². The lowest BCUT2D eigenvalue weighted by atomic mass is 10.1. The van der Waals surface area contributed by atoms with Crippen LogP contribution in [0.15, 0.2) is 12.1 Å². The van der Waals surface area contributed by atoms with E-state index in [1.54, 1.807) is 0 Å². The predicted molar refractivity (Wildman–Crippen MR) is 53.4 cm³/mol. The van der Waals surface area contributed by atoms with Crippen molar-refractivity contribution in [3.8, 4) is 5.75 Å². The number of aliphatic hydroxyl groups is 1. The highest BCUT2D eigenvalue weighted by Crippen LogP contribution is 2.34. The number of hydrogen-bond donors (Lipinski definition) is 1. The summed E-state index contributed by atoms with van der Waals surface area (Å²) in [6, 6.07) is 1.76. The molecule has 0 aromatic heterocycles. The normalized spacial score (nSPS) is 13.0. The molecule has 0 saturated carbocycles. The van der Waals surface area contributed by atoms with E-state index in [1.807, 2.05) is 0 Å². The van der Waals surface area contributed by atoms with Crippen molar-refractivity contribution in [3.63, 3.8) is 0 Å². The maximum atomic E-state index is 13.3. The molecule has 1 atom stereocenters. The van der Waals surface area contributed by atoms with Gasteiger partial charge >= 0.3 is 0 Å². The Morgan fingerprint density at radius 3 is 2.27 bits per heavy atom. The number of alkyl halides is 2. The summed E-state index contributed by atoms with van der Waals surface area (Å²) in [6.07, 6.45) is -1.54. The molecule has 0 aliphatic heterocycles. The third-order valence-corrected chi connectivity index (χ3v) is 2.31. The van der Waals surface area contributed by atoms with E-state index in [4.69, 9.17) is 23.2 Å². The number of rotatable bonds is 3. The summed E-state index contributed by atoms with van der Waals surface area (Å²) < 4.78 is 31.1. The van der Waals surface area contributed by atoms with Crippen LogP contribution < -0.4 is 4.74 Å². The van der Waals surface area contributed by atoms with Gasteiger partial charge in [-0.15, -0.1) is 23.2 Å². The van der Waals surface area contributed by atoms with Crippen molar-refractivity contribution >= 4 is 23.2 Å². The van der Waals surface area contributed by atoms with Crippen molar-refractivity contribution in [3.05, 3.63) is 29.3 Å². The van der Waals surface area contributed by atoms with Crippen molar-refractivity contribution in [1.82, 2.24) is 0 Å². The van der Waals surface area contributed by atoms with Crippen LogP contribution in [0.2, 0.25) is 0 Å². The second-order valence-electron chi connectivity index (χ2n) is 2.76. The molecule has 0 saturated heterocycles. The lowest BCUT2D eigenvalue weighted by Gasteiger charge is -2.16. The minimum atomic E-state index is -1.54. The van der Waals surface area contributed by atoms with Gasteiger partial charge in [-0.05, 0) is 12.1 Å². The van der Waals surface area contributed by atoms with Crippen LogP contribution in [-0.2, 0) is 0 Å². The Balaban J connectivity index is 3.30. The number of benzene rings is 1. The van der Waals surface area contributed by atoms with Crippen LogP contribution in [0.25, 0.3) is 0 Å². The van der Waals surface area contributed by atoms with Gasteiger partial charge in [0.1, 0.15) is 16.8 Å².